The Morgan fingerprint density at radius 3 is 2.92 bits per heavy atom. The fraction of sp³-hybridized carbons (Fsp3) is 0.600. The van der Waals surface area contributed by atoms with Gasteiger partial charge in [-0.2, -0.15) is 5.10 Å². The summed E-state index contributed by atoms with van der Waals surface area (Å²) in [5.41, 5.74) is 2.16. The van der Waals surface area contributed by atoms with Crippen molar-refractivity contribution in [3.05, 3.63) is 0 Å². The van der Waals surface area contributed by atoms with Crippen LogP contribution in [-0.2, 0) is 14.8 Å². The fourth-order valence-electron chi connectivity index (χ4n) is 0.812. The van der Waals surface area contributed by atoms with E-state index in [1.54, 1.807) is 0 Å². The minimum atomic E-state index is -3.33. The van der Waals surface area contributed by atoms with Crippen molar-refractivity contribution in [2.45, 2.75) is 12.5 Å². The van der Waals surface area contributed by atoms with Crippen molar-refractivity contribution >= 4 is 22.1 Å². The standard InChI is InChI=1S/C5H9N3O3S/c1-12(10,11)8-4-2-3-6-7-5(4)9/h3-4,8H,2H2,1H3,(H,7,9). The third-order valence-electron chi connectivity index (χ3n) is 1.28. The Balaban J connectivity index is 2.64. The molecule has 7 heteroatoms. The maximum absolute atomic E-state index is 10.9. The lowest BCUT2D eigenvalue weighted by atomic mass is 10.2. The number of carbonyl (C=O) groups is 1. The van der Waals surface area contributed by atoms with E-state index >= 15 is 0 Å². The molecule has 0 aromatic rings. The van der Waals surface area contributed by atoms with E-state index in [0.29, 0.717) is 6.42 Å². The van der Waals surface area contributed by atoms with Gasteiger partial charge in [0.2, 0.25) is 10.0 Å². The molecule has 0 bridgehead atoms. The second-order valence-corrected chi connectivity index (χ2v) is 4.25. The lowest BCUT2D eigenvalue weighted by molar-refractivity contribution is -0.122. The summed E-state index contributed by atoms with van der Waals surface area (Å²) in [5, 5.41) is 3.48. The molecule has 1 atom stereocenters. The highest BCUT2D eigenvalue weighted by Gasteiger charge is 2.22. The van der Waals surface area contributed by atoms with E-state index in [4.69, 9.17) is 0 Å². The number of hydrazone groups is 1. The highest BCUT2D eigenvalue weighted by atomic mass is 32.2. The van der Waals surface area contributed by atoms with Crippen molar-refractivity contribution in [3.63, 3.8) is 0 Å². The Labute approximate surface area is 70.1 Å². The van der Waals surface area contributed by atoms with E-state index in [1.165, 1.54) is 6.21 Å². The first-order chi connectivity index (χ1) is 5.49. The molecule has 0 fully saturated rings. The van der Waals surface area contributed by atoms with Gasteiger partial charge in [0.15, 0.2) is 0 Å². The average Bonchev–Trinajstić information content (AvgIpc) is 1.91. The third kappa shape index (κ3) is 2.59. The van der Waals surface area contributed by atoms with Crippen LogP contribution >= 0.6 is 0 Å². The van der Waals surface area contributed by atoms with Gasteiger partial charge in [0.1, 0.15) is 6.04 Å². The molecule has 0 spiro atoms. The van der Waals surface area contributed by atoms with Gasteiger partial charge in [-0.25, -0.2) is 18.6 Å². The molecule has 0 aromatic carbocycles. The number of sulfonamides is 1. The lowest BCUT2D eigenvalue weighted by Crippen LogP contribution is -2.47. The molecule has 0 radical (unpaired) electrons. The van der Waals surface area contributed by atoms with Crippen molar-refractivity contribution < 1.29 is 13.2 Å². The highest BCUT2D eigenvalue weighted by molar-refractivity contribution is 7.88. The number of nitrogens with zero attached hydrogens (tertiary/aromatic N) is 1. The minimum Gasteiger partial charge on any atom is -0.271 e. The highest BCUT2D eigenvalue weighted by Crippen LogP contribution is 1.96. The third-order valence-corrected chi connectivity index (χ3v) is 1.99. The van der Waals surface area contributed by atoms with E-state index in [9.17, 15) is 13.2 Å². The number of rotatable bonds is 2. The zero-order chi connectivity index (χ0) is 9.19. The molecule has 0 saturated carbocycles. The van der Waals surface area contributed by atoms with Crippen molar-refractivity contribution in [2.75, 3.05) is 6.26 Å². The second-order valence-electron chi connectivity index (χ2n) is 2.47. The largest absolute Gasteiger partial charge is 0.271 e. The van der Waals surface area contributed by atoms with Gasteiger partial charge in [-0.1, -0.05) is 0 Å². The van der Waals surface area contributed by atoms with Gasteiger partial charge in [-0.05, 0) is 0 Å². The monoisotopic (exact) mass is 191 g/mol. The summed E-state index contributed by atoms with van der Waals surface area (Å²) in [6.07, 6.45) is 2.75. The molecular weight excluding hydrogens is 182 g/mol. The van der Waals surface area contributed by atoms with E-state index < -0.39 is 22.0 Å². The van der Waals surface area contributed by atoms with Crippen LogP contribution in [0.2, 0.25) is 0 Å². The van der Waals surface area contributed by atoms with Gasteiger partial charge in [-0.15, -0.1) is 0 Å². The first-order valence-electron chi connectivity index (χ1n) is 3.28. The Hall–Kier alpha value is -0.950. The molecule has 0 aromatic heterocycles. The van der Waals surface area contributed by atoms with Crippen LogP contribution in [0, 0.1) is 0 Å². The molecule has 2 N–H and O–H groups in total. The number of nitrogens with one attached hydrogen (secondary N) is 2. The average molecular weight is 191 g/mol. The summed E-state index contributed by atoms with van der Waals surface area (Å²) >= 11 is 0. The van der Waals surface area contributed by atoms with Crippen molar-refractivity contribution in [2.24, 2.45) is 5.10 Å². The first-order valence-corrected chi connectivity index (χ1v) is 5.17. The van der Waals surface area contributed by atoms with Crippen LogP contribution < -0.4 is 10.1 Å². The van der Waals surface area contributed by atoms with Crippen molar-refractivity contribution in [1.29, 1.82) is 0 Å². The summed E-state index contributed by atoms with van der Waals surface area (Å²) in [5.74, 6) is -0.428. The molecule has 1 unspecified atom stereocenters. The minimum absolute atomic E-state index is 0.291. The Morgan fingerprint density at radius 1 is 1.75 bits per heavy atom. The lowest BCUT2D eigenvalue weighted by Gasteiger charge is -2.16. The molecule has 68 valence electrons. The number of hydrogen-bond acceptors (Lipinski definition) is 4. The smallest absolute Gasteiger partial charge is 0.258 e. The quantitative estimate of drug-likeness (QED) is 0.551. The van der Waals surface area contributed by atoms with E-state index in [-0.39, 0.29) is 0 Å². The van der Waals surface area contributed by atoms with Gasteiger partial charge in [0.25, 0.3) is 5.91 Å². The van der Waals surface area contributed by atoms with Crippen LogP contribution in [0.15, 0.2) is 5.10 Å². The van der Waals surface area contributed by atoms with Gasteiger partial charge < -0.3 is 0 Å². The molecular formula is C5H9N3O3S. The maximum atomic E-state index is 10.9. The number of amides is 1. The topological polar surface area (TPSA) is 87.6 Å². The summed E-state index contributed by atoms with van der Waals surface area (Å²) in [4.78, 5) is 10.9. The summed E-state index contributed by atoms with van der Waals surface area (Å²) in [6.45, 7) is 0. The second kappa shape index (κ2) is 3.20. The predicted octanol–water partition coefficient (Wildman–Crippen LogP) is -1.59. The molecule has 6 nitrogen and oxygen atoms in total. The Bertz CT molecular complexity index is 308. The molecule has 12 heavy (non-hydrogen) atoms. The molecule has 0 aliphatic carbocycles. The molecule has 1 amide bonds. The summed E-state index contributed by atoms with van der Waals surface area (Å²) < 4.78 is 23.6. The number of carbonyl (C=O) groups excluding carboxylic acids is 1. The summed E-state index contributed by atoms with van der Waals surface area (Å²) in [6, 6.07) is -0.725. The fourth-order valence-corrected chi connectivity index (χ4v) is 1.53. The van der Waals surface area contributed by atoms with Crippen LogP contribution in [0.3, 0.4) is 0 Å². The van der Waals surface area contributed by atoms with E-state index in [2.05, 4.69) is 15.2 Å². The van der Waals surface area contributed by atoms with Crippen LogP contribution in [0.5, 0.6) is 0 Å². The van der Waals surface area contributed by atoms with Crippen molar-refractivity contribution in [1.82, 2.24) is 10.1 Å². The zero-order valence-corrected chi connectivity index (χ0v) is 7.26. The Kier molecular flexibility index (Phi) is 2.43. The molecule has 1 heterocycles. The van der Waals surface area contributed by atoms with E-state index in [0.717, 1.165) is 6.26 Å². The van der Waals surface area contributed by atoms with Gasteiger partial charge in [-0.3, -0.25) is 4.79 Å². The first kappa shape index (κ1) is 9.14. The maximum Gasteiger partial charge on any atom is 0.258 e. The SMILES string of the molecule is CS(=O)(=O)NC1CC=NNC1=O. The van der Waals surface area contributed by atoms with Crippen LogP contribution in [0.25, 0.3) is 0 Å². The van der Waals surface area contributed by atoms with E-state index in [1.807, 2.05) is 0 Å². The molecule has 0 saturated heterocycles. The van der Waals surface area contributed by atoms with Crippen molar-refractivity contribution in [3.8, 4) is 0 Å². The molecule has 1 aliphatic rings. The molecule has 1 rings (SSSR count). The van der Waals surface area contributed by atoms with Crippen LogP contribution in [-0.4, -0.2) is 32.8 Å². The Morgan fingerprint density at radius 2 is 2.42 bits per heavy atom. The normalized spacial score (nSPS) is 23.8. The predicted molar refractivity (Wildman–Crippen MR) is 43.0 cm³/mol. The zero-order valence-electron chi connectivity index (χ0n) is 6.44. The number of hydrogen-bond donors (Lipinski definition) is 2. The molecule has 1 aliphatic heterocycles. The summed E-state index contributed by atoms with van der Waals surface area (Å²) in [7, 11) is -3.33. The van der Waals surface area contributed by atoms with Gasteiger partial charge in [0, 0.05) is 12.6 Å². The van der Waals surface area contributed by atoms with Gasteiger partial charge in [0.05, 0.1) is 6.26 Å². The van der Waals surface area contributed by atoms with Gasteiger partial charge >= 0.3 is 0 Å². The van der Waals surface area contributed by atoms with Crippen LogP contribution in [0.4, 0.5) is 0 Å². The van der Waals surface area contributed by atoms with Crippen LogP contribution in [0.1, 0.15) is 6.42 Å².